The number of nitrogens with zero attached hydrogens (tertiary/aromatic N) is 2. The Hall–Kier alpha value is -3.83. The van der Waals surface area contributed by atoms with Crippen LogP contribution in [0, 0.1) is 11.3 Å². The van der Waals surface area contributed by atoms with Gasteiger partial charge in [0.2, 0.25) is 0 Å². The van der Waals surface area contributed by atoms with Crippen LogP contribution < -0.4 is 19.5 Å². The molecule has 2 aromatic carbocycles. The summed E-state index contributed by atoms with van der Waals surface area (Å²) in [6.45, 7) is 1.35. The lowest BCUT2D eigenvalue weighted by atomic mass is 10.2. The molecule has 1 heterocycles. The van der Waals surface area contributed by atoms with E-state index in [0.717, 1.165) is 16.9 Å². The summed E-state index contributed by atoms with van der Waals surface area (Å²) in [4.78, 5) is 15.6. The van der Waals surface area contributed by atoms with Crippen LogP contribution in [0.4, 0.5) is 5.69 Å². The van der Waals surface area contributed by atoms with Crippen LogP contribution in [0.15, 0.2) is 54.0 Å². The molecular formula is C22H19N3O4S. The van der Waals surface area contributed by atoms with Crippen LogP contribution in [-0.2, 0) is 4.79 Å². The molecule has 0 fully saturated rings. The zero-order valence-corrected chi connectivity index (χ0v) is 17.4. The van der Waals surface area contributed by atoms with Crippen LogP contribution in [0.3, 0.4) is 0 Å². The van der Waals surface area contributed by atoms with Gasteiger partial charge >= 0.3 is 5.97 Å². The number of nitriles is 1. The van der Waals surface area contributed by atoms with E-state index in [9.17, 15) is 10.1 Å². The monoisotopic (exact) mass is 421 g/mol. The van der Waals surface area contributed by atoms with Crippen molar-refractivity contribution < 1.29 is 19.0 Å². The molecule has 0 bridgehead atoms. The van der Waals surface area contributed by atoms with Gasteiger partial charge in [0.05, 0.1) is 19.9 Å². The van der Waals surface area contributed by atoms with Crippen LogP contribution in [0.5, 0.6) is 17.2 Å². The predicted octanol–water partition coefficient (Wildman–Crippen LogP) is 4.73. The van der Waals surface area contributed by atoms with E-state index in [1.165, 1.54) is 18.3 Å². The van der Waals surface area contributed by atoms with Gasteiger partial charge in [-0.25, -0.2) is 4.98 Å². The number of anilines is 1. The molecule has 0 unspecified atom stereocenters. The summed E-state index contributed by atoms with van der Waals surface area (Å²) in [6.07, 6.45) is 1.60. The molecule has 1 N–H and O–H groups in total. The molecule has 30 heavy (non-hydrogen) atoms. The fourth-order valence-electron chi connectivity index (χ4n) is 2.61. The average molecular weight is 421 g/mol. The third kappa shape index (κ3) is 4.96. The van der Waals surface area contributed by atoms with Crippen molar-refractivity contribution in [2.75, 3.05) is 19.5 Å². The van der Waals surface area contributed by atoms with Gasteiger partial charge in [-0.2, -0.15) is 5.26 Å². The summed E-state index contributed by atoms with van der Waals surface area (Å²) in [6, 6.07) is 14.6. The van der Waals surface area contributed by atoms with Crippen molar-refractivity contribution >= 4 is 28.6 Å². The summed E-state index contributed by atoms with van der Waals surface area (Å²) in [5.41, 5.74) is 2.74. The molecule has 8 heteroatoms. The summed E-state index contributed by atoms with van der Waals surface area (Å²) in [5, 5.41) is 15.1. The predicted molar refractivity (Wildman–Crippen MR) is 116 cm³/mol. The molecule has 7 nitrogen and oxygen atoms in total. The number of nitrogens with one attached hydrogen (secondary N) is 1. The number of carbonyl (C=O) groups is 1. The highest BCUT2D eigenvalue weighted by atomic mass is 32.1. The lowest BCUT2D eigenvalue weighted by molar-refractivity contribution is -0.131. The van der Waals surface area contributed by atoms with Gasteiger partial charge in [0, 0.05) is 35.8 Å². The third-order valence-electron chi connectivity index (χ3n) is 4.03. The molecule has 3 aromatic rings. The van der Waals surface area contributed by atoms with Gasteiger partial charge in [-0.1, -0.05) is 0 Å². The van der Waals surface area contributed by atoms with Gasteiger partial charge in [0.1, 0.15) is 22.4 Å². The first kappa shape index (κ1) is 20.9. The number of hydrogen-bond acceptors (Lipinski definition) is 8. The van der Waals surface area contributed by atoms with Crippen LogP contribution in [0.1, 0.15) is 11.9 Å². The van der Waals surface area contributed by atoms with Crippen LogP contribution in [0.2, 0.25) is 0 Å². The highest BCUT2D eigenvalue weighted by molar-refractivity contribution is 7.11. The number of allylic oxidation sites excluding steroid dienone is 1. The minimum Gasteiger partial charge on any atom is -0.493 e. The van der Waals surface area contributed by atoms with Gasteiger partial charge in [-0.3, -0.25) is 4.79 Å². The maximum absolute atomic E-state index is 11.0. The number of methoxy groups -OCH3 is 2. The summed E-state index contributed by atoms with van der Waals surface area (Å²) in [7, 11) is 3.14. The Balaban J connectivity index is 1.77. The number of carbonyl (C=O) groups excluding carboxylic acids is 1. The summed E-state index contributed by atoms with van der Waals surface area (Å²) >= 11 is 1.37. The lowest BCUT2D eigenvalue weighted by Crippen LogP contribution is -2.00. The van der Waals surface area contributed by atoms with Gasteiger partial charge in [-0.05, 0) is 36.4 Å². The van der Waals surface area contributed by atoms with E-state index in [2.05, 4.69) is 16.4 Å². The normalized spacial score (nSPS) is 10.8. The second kappa shape index (κ2) is 9.58. The molecule has 0 saturated heterocycles. The number of thiazole rings is 1. The van der Waals surface area contributed by atoms with E-state index < -0.39 is 0 Å². The zero-order valence-electron chi connectivity index (χ0n) is 16.6. The Morgan fingerprint density at radius 3 is 2.50 bits per heavy atom. The summed E-state index contributed by atoms with van der Waals surface area (Å²) < 4.78 is 15.5. The van der Waals surface area contributed by atoms with E-state index in [0.29, 0.717) is 27.8 Å². The molecule has 0 spiro atoms. The van der Waals surface area contributed by atoms with E-state index in [1.54, 1.807) is 44.7 Å². The molecule has 0 radical (unpaired) electrons. The van der Waals surface area contributed by atoms with Gasteiger partial charge < -0.3 is 19.5 Å². The van der Waals surface area contributed by atoms with Crippen molar-refractivity contribution in [1.29, 1.82) is 5.26 Å². The van der Waals surface area contributed by atoms with Crippen molar-refractivity contribution in [3.8, 4) is 34.6 Å². The summed E-state index contributed by atoms with van der Waals surface area (Å²) in [5.74, 6) is 1.31. The van der Waals surface area contributed by atoms with Crippen molar-refractivity contribution in [1.82, 2.24) is 4.98 Å². The van der Waals surface area contributed by atoms with E-state index in [4.69, 9.17) is 14.2 Å². The van der Waals surface area contributed by atoms with Crippen molar-refractivity contribution in [2.45, 2.75) is 6.92 Å². The number of ether oxygens (including phenoxy) is 3. The van der Waals surface area contributed by atoms with Gasteiger partial charge in [0.25, 0.3) is 0 Å². The minimum atomic E-state index is -0.371. The highest BCUT2D eigenvalue weighted by Crippen LogP contribution is 2.31. The molecule has 152 valence electrons. The van der Waals surface area contributed by atoms with Crippen molar-refractivity contribution in [3.05, 3.63) is 59.1 Å². The number of hydrogen-bond donors (Lipinski definition) is 1. The molecule has 0 aliphatic heterocycles. The molecular weight excluding hydrogens is 402 g/mol. The zero-order chi connectivity index (χ0) is 21.5. The SMILES string of the molecule is COc1ccc(N/C=C(/C#N)c2nc(-c3ccc(OC(C)=O)cc3)cs2)cc1OC. The molecule has 0 aliphatic rings. The Labute approximate surface area is 178 Å². The van der Waals surface area contributed by atoms with E-state index in [1.807, 2.05) is 23.6 Å². The average Bonchev–Trinajstić information content (AvgIpc) is 3.24. The third-order valence-corrected chi connectivity index (χ3v) is 4.91. The fraction of sp³-hybridized carbons (Fsp3) is 0.136. The Kier molecular flexibility index (Phi) is 6.67. The fourth-order valence-corrected chi connectivity index (χ4v) is 3.41. The second-order valence-electron chi connectivity index (χ2n) is 6.04. The quantitative estimate of drug-likeness (QED) is 0.335. The maximum Gasteiger partial charge on any atom is 0.308 e. The van der Waals surface area contributed by atoms with E-state index in [-0.39, 0.29) is 5.97 Å². The minimum absolute atomic E-state index is 0.371. The lowest BCUT2D eigenvalue weighted by Gasteiger charge is -2.09. The molecule has 0 amide bonds. The van der Waals surface area contributed by atoms with Gasteiger partial charge in [0.15, 0.2) is 11.5 Å². The van der Waals surface area contributed by atoms with Crippen molar-refractivity contribution in [3.63, 3.8) is 0 Å². The van der Waals surface area contributed by atoms with E-state index >= 15 is 0 Å². The Bertz CT molecular complexity index is 1110. The topological polar surface area (TPSA) is 93.5 Å². The first-order valence-electron chi connectivity index (χ1n) is 8.87. The number of rotatable bonds is 7. The Morgan fingerprint density at radius 1 is 1.13 bits per heavy atom. The largest absolute Gasteiger partial charge is 0.493 e. The maximum atomic E-state index is 11.0. The molecule has 0 aliphatic carbocycles. The molecule has 0 saturated carbocycles. The standard InChI is InChI=1S/C22H19N3O4S/c1-14(26)29-18-7-4-15(5-8-18)19-13-30-22(25-19)16(11-23)12-24-17-6-9-20(27-2)21(10-17)28-3/h4-10,12-13,24H,1-3H3/b16-12-. The first-order valence-corrected chi connectivity index (χ1v) is 9.75. The Morgan fingerprint density at radius 2 is 1.87 bits per heavy atom. The molecule has 1 aromatic heterocycles. The number of aromatic nitrogens is 1. The second-order valence-corrected chi connectivity index (χ2v) is 6.90. The highest BCUT2D eigenvalue weighted by Gasteiger charge is 2.10. The van der Waals surface area contributed by atoms with Crippen LogP contribution >= 0.6 is 11.3 Å². The van der Waals surface area contributed by atoms with Crippen LogP contribution in [0.25, 0.3) is 16.8 Å². The first-order chi connectivity index (χ1) is 14.5. The number of esters is 1. The molecule has 0 atom stereocenters. The van der Waals surface area contributed by atoms with Gasteiger partial charge in [-0.15, -0.1) is 11.3 Å². The smallest absolute Gasteiger partial charge is 0.308 e. The van der Waals surface area contributed by atoms with Crippen molar-refractivity contribution in [2.24, 2.45) is 0 Å². The number of benzene rings is 2. The van der Waals surface area contributed by atoms with Crippen LogP contribution in [-0.4, -0.2) is 25.2 Å². The molecule has 3 rings (SSSR count).